The Morgan fingerprint density at radius 2 is 1.94 bits per heavy atom. The maximum Gasteiger partial charge on any atom is 0.223 e. The van der Waals surface area contributed by atoms with E-state index in [-0.39, 0.29) is 24.5 Å². The van der Waals surface area contributed by atoms with Crippen molar-refractivity contribution in [1.29, 1.82) is 0 Å². The molecule has 1 rings (SSSR count). The van der Waals surface area contributed by atoms with Gasteiger partial charge in [0.15, 0.2) is 0 Å². The molecular weight excluding hydrogens is 226 g/mol. The summed E-state index contributed by atoms with van der Waals surface area (Å²) in [7, 11) is 0. The van der Waals surface area contributed by atoms with E-state index in [1.807, 2.05) is 6.92 Å². The number of carbonyl (C=O) groups is 1. The van der Waals surface area contributed by atoms with Crippen molar-refractivity contribution in [2.45, 2.75) is 71.3 Å². The van der Waals surface area contributed by atoms with Gasteiger partial charge in [-0.2, -0.15) is 0 Å². The van der Waals surface area contributed by atoms with Crippen LogP contribution in [0.1, 0.15) is 65.2 Å². The van der Waals surface area contributed by atoms with Gasteiger partial charge in [-0.1, -0.05) is 33.1 Å². The van der Waals surface area contributed by atoms with Crippen LogP contribution in [0.2, 0.25) is 0 Å². The van der Waals surface area contributed by atoms with Crippen molar-refractivity contribution in [3.63, 3.8) is 0 Å². The first-order valence-corrected chi connectivity index (χ1v) is 7.62. The lowest BCUT2D eigenvalue weighted by Gasteiger charge is -2.28. The van der Waals surface area contributed by atoms with E-state index < -0.39 is 0 Å². The Kier molecular flexibility index (Phi) is 7.33. The van der Waals surface area contributed by atoms with Gasteiger partial charge in [-0.3, -0.25) is 4.79 Å². The summed E-state index contributed by atoms with van der Waals surface area (Å²) in [5.41, 5.74) is 0. The summed E-state index contributed by atoms with van der Waals surface area (Å²) in [5.74, 6) is 1.18. The molecule has 0 aliphatic heterocycles. The molecular formula is C15H29NO2. The van der Waals surface area contributed by atoms with Crippen molar-refractivity contribution in [2.75, 3.05) is 6.61 Å². The molecule has 1 fully saturated rings. The second-order valence-corrected chi connectivity index (χ2v) is 5.66. The monoisotopic (exact) mass is 255 g/mol. The fourth-order valence-corrected chi connectivity index (χ4v) is 2.80. The van der Waals surface area contributed by atoms with E-state index in [9.17, 15) is 4.79 Å². The summed E-state index contributed by atoms with van der Waals surface area (Å²) < 4.78 is 0. The SMILES string of the molecule is CCCCC1CCC(C(=O)N[C@@H](CC)CO)CC1. The van der Waals surface area contributed by atoms with Gasteiger partial charge in [0, 0.05) is 5.92 Å². The van der Waals surface area contributed by atoms with Gasteiger partial charge in [0.05, 0.1) is 12.6 Å². The Hall–Kier alpha value is -0.570. The van der Waals surface area contributed by atoms with Crippen LogP contribution < -0.4 is 5.32 Å². The molecule has 1 aliphatic carbocycles. The van der Waals surface area contributed by atoms with Crippen molar-refractivity contribution >= 4 is 5.91 Å². The average Bonchev–Trinajstić information content (AvgIpc) is 2.42. The second-order valence-electron chi connectivity index (χ2n) is 5.66. The van der Waals surface area contributed by atoms with Gasteiger partial charge in [-0.05, 0) is 38.0 Å². The molecule has 1 atom stereocenters. The lowest BCUT2D eigenvalue weighted by atomic mass is 9.79. The van der Waals surface area contributed by atoms with Gasteiger partial charge >= 0.3 is 0 Å². The van der Waals surface area contributed by atoms with Gasteiger partial charge in [0.2, 0.25) is 5.91 Å². The second kappa shape index (κ2) is 8.52. The fourth-order valence-electron chi connectivity index (χ4n) is 2.80. The van der Waals surface area contributed by atoms with Crippen LogP contribution in [0.3, 0.4) is 0 Å². The molecule has 3 heteroatoms. The zero-order valence-electron chi connectivity index (χ0n) is 12.0. The van der Waals surface area contributed by atoms with E-state index >= 15 is 0 Å². The van der Waals surface area contributed by atoms with Crippen LogP contribution in [-0.4, -0.2) is 23.7 Å². The number of rotatable bonds is 7. The minimum absolute atomic E-state index is 0.0497. The molecule has 0 heterocycles. The largest absolute Gasteiger partial charge is 0.394 e. The number of amides is 1. The van der Waals surface area contributed by atoms with Crippen molar-refractivity contribution in [3.05, 3.63) is 0 Å². The van der Waals surface area contributed by atoms with Crippen molar-refractivity contribution in [1.82, 2.24) is 5.32 Å². The van der Waals surface area contributed by atoms with Crippen LogP contribution in [-0.2, 0) is 4.79 Å². The molecule has 0 aromatic rings. The van der Waals surface area contributed by atoms with Gasteiger partial charge in [0.1, 0.15) is 0 Å². The highest BCUT2D eigenvalue weighted by atomic mass is 16.3. The standard InChI is InChI=1S/C15H29NO2/c1-3-5-6-12-7-9-13(10-8-12)15(18)16-14(4-2)11-17/h12-14,17H,3-11H2,1-2H3,(H,16,18)/t12?,13?,14-/m0/s1. The van der Waals surface area contributed by atoms with Crippen molar-refractivity contribution in [3.8, 4) is 0 Å². The van der Waals surface area contributed by atoms with E-state index in [4.69, 9.17) is 5.11 Å². The molecule has 1 saturated carbocycles. The van der Waals surface area contributed by atoms with Crippen LogP contribution in [0.5, 0.6) is 0 Å². The van der Waals surface area contributed by atoms with E-state index in [0.717, 1.165) is 25.2 Å². The van der Waals surface area contributed by atoms with E-state index in [2.05, 4.69) is 12.2 Å². The molecule has 106 valence electrons. The quantitative estimate of drug-likeness (QED) is 0.735. The highest BCUT2D eigenvalue weighted by Gasteiger charge is 2.26. The van der Waals surface area contributed by atoms with Crippen molar-refractivity contribution < 1.29 is 9.90 Å². The third-order valence-corrected chi connectivity index (χ3v) is 4.24. The summed E-state index contributed by atoms with van der Waals surface area (Å²) in [6.45, 7) is 4.27. The summed E-state index contributed by atoms with van der Waals surface area (Å²) >= 11 is 0. The zero-order chi connectivity index (χ0) is 13.4. The number of nitrogens with one attached hydrogen (secondary N) is 1. The predicted octanol–water partition coefficient (Wildman–Crippen LogP) is 2.87. The first kappa shape index (κ1) is 15.5. The number of hydrogen-bond acceptors (Lipinski definition) is 2. The van der Waals surface area contributed by atoms with Crippen LogP contribution in [0.15, 0.2) is 0 Å². The fraction of sp³-hybridized carbons (Fsp3) is 0.933. The molecule has 1 aliphatic rings. The Morgan fingerprint density at radius 3 is 2.44 bits per heavy atom. The number of aliphatic hydroxyl groups excluding tert-OH is 1. The van der Waals surface area contributed by atoms with Gasteiger partial charge in [-0.25, -0.2) is 0 Å². The molecule has 0 aromatic carbocycles. The summed E-state index contributed by atoms with van der Waals surface area (Å²) in [6, 6.07) is -0.0599. The van der Waals surface area contributed by atoms with E-state index in [0.29, 0.717) is 0 Å². The van der Waals surface area contributed by atoms with Crippen LogP contribution in [0, 0.1) is 11.8 Å². The maximum atomic E-state index is 12.0. The number of hydrogen-bond donors (Lipinski definition) is 2. The highest BCUT2D eigenvalue weighted by Crippen LogP contribution is 2.32. The lowest BCUT2D eigenvalue weighted by molar-refractivity contribution is -0.127. The highest BCUT2D eigenvalue weighted by molar-refractivity contribution is 5.79. The number of carbonyl (C=O) groups excluding carboxylic acids is 1. The van der Waals surface area contributed by atoms with Crippen LogP contribution in [0.4, 0.5) is 0 Å². The molecule has 0 saturated heterocycles. The topological polar surface area (TPSA) is 49.3 Å². The molecule has 0 bridgehead atoms. The molecule has 2 N–H and O–H groups in total. The molecule has 3 nitrogen and oxygen atoms in total. The van der Waals surface area contributed by atoms with Crippen LogP contribution >= 0.6 is 0 Å². The average molecular weight is 255 g/mol. The number of unbranched alkanes of at least 4 members (excludes halogenated alkanes) is 1. The summed E-state index contributed by atoms with van der Waals surface area (Å²) in [4.78, 5) is 12.0. The van der Waals surface area contributed by atoms with Crippen molar-refractivity contribution in [2.24, 2.45) is 11.8 Å². The molecule has 18 heavy (non-hydrogen) atoms. The lowest BCUT2D eigenvalue weighted by Crippen LogP contribution is -2.41. The van der Waals surface area contributed by atoms with Gasteiger partial charge < -0.3 is 10.4 Å². The zero-order valence-corrected chi connectivity index (χ0v) is 12.0. The van der Waals surface area contributed by atoms with Crippen LogP contribution in [0.25, 0.3) is 0 Å². The van der Waals surface area contributed by atoms with E-state index in [1.54, 1.807) is 0 Å². The summed E-state index contributed by atoms with van der Waals surface area (Å²) in [5, 5.41) is 12.1. The number of aliphatic hydroxyl groups is 1. The minimum Gasteiger partial charge on any atom is -0.394 e. The third kappa shape index (κ3) is 4.97. The first-order valence-electron chi connectivity index (χ1n) is 7.62. The third-order valence-electron chi connectivity index (χ3n) is 4.24. The summed E-state index contributed by atoms with van der Waals surface area (Å²) in [6.07, 6.45) is 9.19. The molecule has 0 spiro atoms. The minimum atomic E-state index is -0.0599. The maximum absolute atomic E-state index is 12.0. The molecule has 1 amide bonds. The Bertz CT molecular complexity index is 231. The van der Waals surface area contributed by atoms with E-state index in [1.165, 1.54) is 32.1 Å². The Morgan fingerprint density at radius 1 is 1.28 bits per heavy atom. The molecule has 0 aromatic heterocycles. The Balaban J connectivity index is 2.27. The van der Waals surface area contributed by atoms with Gasteiger partial charge in [-0.15, -0.1) is 0 Å². The van der Waals surface area contributed by atoms with Gasteiger partial charge in [0.25, 0.3) is 0 Å². The molecule has 0 radical (unpaired) electrons. The normalized spacial score (nSPS) is 25.7. The smallest absolute Gasteiger partial charge is 0.223 e. The Labute approximate surface area is 111 Å². The first-order chi connectivity index (χ1) is 8.71. The predicted molar refractivity (Wildman–Crippen MR) is 74.3 cm³/mol. The molecule has 0 unspecified atom stereocenters.